The summed E-state index contributed by atoms with van der Waals surface area (Å²) < 4.78 is 15.8. The third kappa shape index (κ3) is 5.88. The molecule has 2 aliphatic carbocycles. The van der Waals surface area contributed by atoms with Crippen LogP contribution in [-0.2, 0) is 28.6 Å². The quantitative estimate of drug-likeness (QED) is 0.327. The van der Waals surface area contributed by atoms with Crippen molar-refractivity contribution < 1.29 is 33.4 Å². The van der Waals surface area contributed by atoms with Crippen molar-refractivity contribution in [1.82, 2.24) is 25.8 Å². The number of thioether (sulfide) groups is 1. The van der Waals surface area contributed by atoms with Crippen molar-refractivity contribution in [3.05, 3.63) is 6.33 Å². The van der Waals surface area contributed by atoms with Crippen LogP contribution in [0.1, 0.15) is 48.0 Å². The van der Waals surface area contributed by atoms with Gasteiger partial charge in [0.25, 0.3) is 0 Å². The topological polar surface area (TPSA) is 162 Å². The van der Waals surface area contributed by atoms with Crippen molar-refractivity contribution in [2.75, 3.05) is 13.2 Å². The molecule has 2 amide bonds. The molecule has 0 aliphatic heterocycles. The van der Waals surface area contributed by atoms with Gasteiger partial charge in [0.05, 0.1) is 19.1 Å². The van der Waals surface area contributed by atoms with Gasteiger partial charge in [-0.2, -0.15) is 0 Å². The predicted octanol–water partition coefficient (Wildman–Crippen LogP) is 1.43. The van der Waals surface area contributed by atoms with E-state index in [0.717, 1.165) is 0 Å². The Bertz CT molecular complexity index is 950. The fourth-order valence-corrected chi connectivity index (χ4v) is 5.97. The van der Waals surface area contributed by atoms with Gasteiger partial charge in [-0.05, 0) is 53.9 Å². The summed E-state index contributed by atoms with van der Waals surface area (Å²) in [5.41, 5.74) is -2.20. The Kier molecular flexibility index (Phi) is 7.97. The summed E-state index contributed by atoms with van der Waals surface area (Å²) >= 11 is 1.35. The Morgan fingerprint density at radius 2 is 1.91 bits per heavy atom. The summed E-state index contributed by atoms with van der Waals surface area (Å²) in [6.07, 6.45) is 0.895. The van der Waals surface area contributed by atoms with Crippen molar-refractivity contribution in [1.29, 1.82) is 0 Å². The largest absolute Gasteiger partial charge is 0.466 e. The van der Waals surface area contributed by atoms with Crippen LogP contribution in [0.2, 0.25) is 0 Å². The Morgan fingerprint density at radius 3 is 2.49 bits per heavy atom. The zero-order chi connectivity index (χ0) is 26.0. The molecule has 0 saturated heterocycles. The number of fused-ring (bicyclic) bond motifs is 1. The van der Waals surface area contributed by atoms with E-state index in [2.05, 4.69) is 25.8 Å². The highest BCUT2D eigenvalue weighted by molar-refractivity contribution is 7.99. The minimum atomic E-state index is -1.46. The number of esters is 2. The van der Waals surface area contributed by atoms with E-state index in [0.29, 0.717) is 5.16 Å². The molecule has 35 heavy (non-hydrogen) atoms. The monoisotopic (exact) mass is 511 g/mol. The van der Waals surface area contributed by atoms with Crippen LogP contribution in [0.3, 0.4) is 0 Å². The zero-order valence-electron chi connectivity index (χ0n) is 20.7. The molecule has 1 aromatic heterocycles. The molecule has 2 aliphatic rings. The maximum absolute atomic E-state index is 13.3. The van der Waals surface area contributed by atoms with Crippen LogP contribution in [0.5, 0.6) is 0 Å². The van der Waals surface area contributed by atoms with E-state index in [1.165, 1.54) is 25.0 Å². The van der Waals surface area contributed by atoms with Gasteiger partial charge >= 0.3 is 18.0 Å². The summed E-state index contributed by atoms with van der Waals surface area (Å²) in [7, 11) is 0. The molecule has 1 heterocycles. The van der Waals surface area contributed by atoms with E-state index in [9.17, 15) is 19.2 Å². The number of aromatic amines is 1. The van der Waals surface area contributed by atoms with Crippen molar-refractivity contribution in [3.8, 4) is 0 Å². The van der Waals surface area contributed by atoms with Crippen molar-refractivity contribution >= 4 is 35.7 Å². The lowest BCUT2D eigenvalue weighted by atomic mass is 9.89. The van der Waals surface area contributed by atoms with Gasteiger partial charge in [-0.1, -0.05) is 11.8 Å². The second-order valence-electron chi connectivity index (χ2n) is 9.58. The van der Waals surface area contributed by atoms with Crippen LogP contribution in [0.25, 0.3) is 0 Å². The first-order valence-electron chi connectivity index (χ1n) is 11.6. The third-order valence-electron chi connectivity index (χ3n) is 5.93. The van der Waals surface area contributed by atoms with E-state index in [1.54, 1.807) is 34.6 Å². The summed E-state index contributed by atoms with van der Waals surface area (Å²) in [6, 6.07) is -1.00. The number of ether oxygens (including phenoxy) is 3. The number of carbonyl (C=O) groups is 4. The molecule has 3 rings (SSSR count). The summed E-state index contributed by atoms with van der Waals surface area (Å²) in [5, 5.41) is 13.4. The maximum Gasteiger partial charge on any atom is 0.408 e. The van der Waals surface area contributed by atoms with Gasteiger partial charge in [-0.25, -0.2) is 9.59 Å². The summed E-state index contributed by atoms with van der Waals surface area (Å²) in [6.45, 7) is 10.3. The third-order valence-corrected chi connectivity index (χ3v) is 7.13. The van der Waals surface area contributed by atoms with Crippen molar-refractivity contribution in [3.63, 3.8) is 0 Å². The van der Waals surface area contributed by atoms with E-state index in [1.807, 2.05) is 0 Å². The van der Waals surface area contributed by atoms with E-state index in [-0.39, 0.29) is 30.8 Å². The van der Waals surface area contributed by atoms with Gasteiger partial charge in [-0.3, -0.25) is 9.59 Å². The molecule has 0 spiro atoms. The highest BCUT2D eigenvalue weighted by Gasteiger charge is 2.76. The van der Waals surface area contributed by atoms with E-state index < -0.39 is 53.0 Å². The standard InChI is InChI=1S/C22H33N5O7S/c1-7-32-17(29)14-13-12(35-19-23-10-24-27-19)9-22(15(13)14,18(30)33-8-2)26-16(28)11(3)25-20(31)34-21(4,5)6/h10-15H,7-9H2,1-6H3,(H,25,31)(H,26,28)(H,23,24,27)/t11-,12+,13-,14-,15-,22-/m0/s1. The molecule has 6 atom stereocenters. The number of hydrogen-bond donors (Lipinski definition) is 3. The van der Waals surface area contributed by atoms with Crippen LogP contribution in [0.4, 0.5) is 4.79 Å². The molecule has 0 radical (unpaired) electrons. The molecule has 194 valence electrons. The number of hydrogen-bond acceptors (Lipinski definition) is 10. The molecule has 0 unspecified atom stereocenters. The Hall–Kier alpha value is -2.83. The van der Waals surface area contributed by atoms with E-state index in [4.69, 9.17) is 14.2 Å². The van der Waals surface area contributed by atoms with Crippen molar-refractivity contribution in [2.24, 2.45) is 17.8 Å². The number of carbonyl (C=O) groups excluding carboxylic acids is 4. The average molecular weight is 512 g/mol. The average Bonchev–Trinajstić information content (AvgIpc) is 3.14. The van der Waals surface area contributed by atoms with Crippen LogP contribution in [0, 0.1) is 17.8 Å². The fourth-order valence-electron chi connectivity index (χ4n) is 4.62. The minimum absolute atomic E-state index is 0.101. The molecule has 2 fully saturated rings. The highest BCUT2D eigenvalue weighted by Crippen LogP contribution is 2.66. The first-order chi connectivity index (χ1) is 16.4. The number of aromatic nitrogens is 3. The van der Waals surface area contributed by atoms with Gasteiger partial charge in [0.15, 0.2) is 5.16 Å². The minimum Gasteiger partial charge on any atom is -0.466 e. The van der Waals surface area contributed by atoms with Crippen LogP contribution in [0.15, 0.2) is 11.5 Å². The second-order valence-corrected chi connectivity index (χ2v) is 10.8. The Labute approximate surface area is 208 Å². The SMILES string of the molecule is CCOC(=O)[C@H]1[C@H]2[C@@H]1[C@](NC(=O)[C@H](C)NC(=O)OC(C)(C)C)(C(=O)OCC)C[C@H]2Sc1nnc[nH]1. The van der Waals surface area contributed by atoms with Gasteiger partial charge in [-0.15, -0.1) is 10.2 Å². The molecular weight excluding hydrogens is 478 g/mol. The Morgan fingerprint density at radius 1 is 1.23 bits per heavy atom. The molecule has 2 saturated carbocycles. The zero-order valence-corrected chi connectivity index (χ0v) is 21.6. The lowest BCUT2D eigenvalue weighted by Crippen LogP contribution is -2.61. The smallest absolute Gasteiger partial charge is 0.408 e. The van der Waals surface area contributed by atoms with E-state index >= 15 is 0 Å². The number of nitrogens with one attached hydrogen (secondary N) is 3. The maximum atomic E-state index is 13.3. The first-order valence-corrected chi connectivity index (χ1v) is 12.5. The predicted molar refractivity (Wildman–Crippen MR) is 124 cm³/mol. The second kappa shape index (κ2) is 10.4. The van der Waals surface area contributed by atoms with Crippen molar-refractivity contribution in [2.45, 2.75) is 75.6 Å². The number of rotatable bonds is 9. The summed E-state index contributed by atoms with van der Waals surface area (Å²) in [4.78, 5) is 54.3. The fraction of sp³-hybridized carbons (Fsp3) is 0.727. The lowest BCUT2D eigenvalue weighted by Gasteiger charge is -2.33. The molecule has 13 heteroatoms. The number of H-pyrrole nitrogens is 1. The molecule has 0 bridgehead atoms. The summed E-state index contributed by atoms with van der Waals surface area (Å²) in [5.74, 6) is -2.97. The molecule has 3 N–H and O–H groups in total. The van der Waals surface area contributed by atoms with Gasteiger partial charge in [0.2, 0.25) is 5.91 Å². The van der Waals surface area contributed by atoms with Crippen LogP contribution < -0.4 is 10.6 Å². The van der Waals surface area contributed by atoms with Crippen LogP contribution >= 0.6 is 11.8 Å². The number of amides is 2. The first kappa shape index (κ1) is 26.8. The van der Waals surface area contributed by atoms with Gasteiger partial charge < -0.3 is 29.8 Å². The number of nitrogens with zero attached hydrogens (tertiary/aromatic N) is 2. The van der Waals surface area contributed by atoms with Gasteiger partial charge in [0.1, 0.15) is 23.5 Å². The highest BCUT2D eigenvalue weighted by atomic mass is 32.2. The molecule has 0 aromatic carbocycles. The van der Waals surface area contributed by atoms with Gasteiger partial charge in [0, 0.05) is 11.2 Å². The number of alkyl carbamates (subject to hydrolysis) is 1. The molecular formula is C22H33N5O7S. The van der Waals surface area contributed by atoms with Crippen LogP contribution in [-0.4, -0.2) is 74.8 Å². The Balaban J connectivity index is 1.85. The lowest BCUT2D eigenvalue weighted by molar-refractivity contribution is -0.155. The molecule has 1 aromatic rings. The molecule has 12 nitrogen and oxygen atoms in total. The normalized spacial score (nSPS) is 27.8.